The molecular formula is C20H22FIN6. The van der Waals surface area contributed by atoms with Gasteiger partial charge in [-0.3, -0.25) is 4.40 Å². The first-order chi connectivity index (χ1) is 13.6. The van der Waals surface area contributed by atoms with Gasteiger partial charge in [0, 0.05) is 61.9 Å². The summed E-state index contributed by atoms with van der Waals surface area (Å²) in [5.41, 5.74) is 8.71. The van der Waals surface area contributed by atoms with Crippen molar-refractivity contribution in [3.05, 3.63) is 52.2 Å². The van der Waals surface area contributed by atoms with E-state index in [9.17, 15) is 4.39 Å². The second-order valence-electron chi connectivity index (χ2n) is 7.84. The van der Waals surface area contributed by atoms with Crippen molar-refractivity contribution in [2.75, 3.05) is 36.0 Å². The Kier molecular flexibility index (Phi) is 4.42. The Hall–Kier alpha value is -1.94. The monoisotopic (exact) mass is 492 g/mol. The fourth-order valence-electron chi connectivity index (χ4n) is 4.63. The third kappa shape index (κ3) is 2.93. The summed E-state index contributed by atoms with van der Waals surface area (Å²) in [6.45, 7) is 3.59. The molecule has 2 aliphatic heterocycles. The molecule has 28 heavy (non-hydrogen) atoms. The molecule has 2 N–H and O–H groups in total. The van der Waals surface area contributed by atoms with Gasteiger partial charge in [0.15, 0.2) is 5.65 Å². The highest BCUT2D eigenvalue weighted by atomic mass is 127. The lowest BCUT2D eigenvalue weighted by Crippen LogP contribution is -2.49. The minimum Gasteiger partial charge on any atom is -0.369 e. The lowest BCUT2D eigenvalue weighted by Gasteiger charge is -2.41. The smallest absolute Gasteiger partial charge is 0.211 e. The van der Waals surface area contributed by atoms with Crippen molar-refractivity contribution in [2.24, 2.45) is 11.1 Å². The van der Waals surface area contributed by atoms with Gasteiger partial charge in [-0.05, 0) is 59.7 Å². The second-order valence-corrected chi connectivity index (χ2v) is 9.00. The molecule has 4 heterocycles. The van der Waals surface area contributed by atoms with Gasteiger partial charge in [0.1, 0.15) is 5.82 Å². The molecule has 1 aromatic carbocycles. The van der Waals surface area contributed by atoms with Crippen molar-refractivity contribution >= 4 is 39.9 Å². The number of piperidine rings is 1. The molecule has 0 radical (unpaired) electrons. The number of benzene rings is 1. The van der Waals surface area contributed by atoms with Crippen LogP contribution in [0.25, 0.3) is 5.65 Å². The zero-order valence-corrected chi connectivity index (χ0v) is 17.6. The van der Waals surface area contributed by atoms with E-state index >= 15 is 0 Å². The molecule has 2 saturated heterocycles. The maximum Gasteiger partial charge on any atom is 0.211 e. The second kappa shape index (κ2) is 6.84. The van der Waals surface area contributed by atoms with Crippen molar-refractivity contribution in [2.45, 2.75) is 18.9 Å². The number of hydrogen-bond donors (Lipinski definition) is 1. The van der Waals surface area contributed by atoms with E-state index in [-0.39, 0.29) is 17.3 Å². The fourth-order valence-corrected chi connectivity index (χ4v) is 5.17. The third-order valence-corrected chi connectivity index (χ3v) is 7.07. The van der Waals surface area contributed by atoms with Gasteiger partial charge in [0.25, 0.3) is 0 Å². The lowest BCUT2D eigenvalue weighted by molar-refractivity contribution is 0.220. The Morgan fingerprint density at radius 2 is 1.86 bits per heavy atom. The van der Waals surface area contributed by atoms with Crippen LogP contribution in [0.2, 0.25) is 0 Å². The summed E-state index contributed by atoms with van der Waals surface area (Å²) in [6.07, 6.45) is 7.73. The minimum atomic E-state index is -0.203. The number of nitrogens with zero attached hydrogens (tertiary/aromatic N) is 5. The van der Waals surface area contributed by atoms with Crippen molar-refractivity contribution in [1.82, 2.24) is 14.4 Å². The molecule has 6 nitrogen and oxygen atoms in total. The standard InChI is InChI=1S/C20H22FIN6/c21-14-1-3-15(4-2-14)27-12-17(23)20(13-27)5-8-26(9-6-20)19-25-11-16(22)18-24-7-10-28(18)19/h1-4,7,10-11,17H,5-6,8-9,12-13,23H2/t17-/m1/s1. The molecule has 8 heteroatoms. The summed E-state index contributed by atoms with van der Waals surface area (Å²) in [7, 11) is 0. The van der Waals surface area contributed by atoms with E-state index in [0.717, 1.165) is 59.9 Å². The topological polar surface area (TPSA) is 62.7 Å². The Balaban J connectivity index is 1.34. The van der Waals surface area contributed by atoms with E-state index in [1.165, 1.54) is 12.1 Å². The van der Waals surface area contributed by atoms with Crippen LogP contribution in [0.5, 0.6) is 0 Å². The summed E-state index contributed by atoms with van der Waals surface area (Å²) in [4.78, 5) is 13.8. The Labute approximate surface area is 176 Å². The molecule has 3 aromatic rings. The molecule has 2 fully saturated rings. The van der Waals surface area contributed by atoms with Crippen molar-refractivity contribution < 1.29 is 4.39 Å². The van der Waals surface area contributed by atoms with Crippen LogP contribution in [0.3, 0.4) is 0 Å². The third-order valence-electron chi connectivity index (χ3n) is 6.31. The van der Waals surface area contributed by atoms with Gasteiger partial charge >= 0.3 is 0 Å². The van der Waals surface area contributed by atoms with E-state index in [4.69, 9.17) is 5.73 Å². The molecule has 1 atom stereocenters. The zero-order valence-electron chi connectivity index (χ0n) is 15.4. The van der Waals surface area contributed by atoms with Crippen molar-refractivity contribution in [1.29, 1.82) is 0 Å². The van der Waals surface area contributed by atoms with E-state index in [1.54, 1.807) is 0 Å². The molecule has 146 valence electrons. The van der Waals surface area contributed by atoms with E-state index in [2.05, 4.69) is 46.8 Å². The molecule has 2 aliphatic rings. The number of halogens is 2. The number of nitrogens with two attached hydrogens (primary N) is 1. The van der Waals surface area contributed by atoms with Crippen molar-refractivity contribution in [3.63, 3.8) is 0 Å². The van der Waals surface area contributed by atoms with E-state index < -0.39 is 0 Å². The minimum absolute atomic E-state index is 0.0993. The van der Waals surface area contributed by atoms with Crippen LogP contribution in [0.4, 0.5) is 16.0 Å². The summed E-state index contributed by atoms with van der Waals surface area (Å²) < 4.78 is 16.4. The Bertz CT molecular complexity index is 996. The number of anilines is 2. The molecule has 0 amide bonds. The molecule has 0 unspecified atom stereocenters. The number of rotatable bonds is 2. The first-order valence-electron chi connectivity index (χ1n) is 9.54. The maximum atomic E-state index is 13.3. The van der Waals surface area contributed by atoms with Gasteiger partial charge in [0.2, 0.25) is 5.95 Å². The largest absolute Gasteiger partial charge is 0.369 e. The van der Waals surface area contributed by atoms with Crippen LogP contribution >= 0.6 is 22.6 Å². The highest BCUT2D eigenvalue weighted by Gasteiger charge is 2.46. The van der Waals surface area contributed by atoms with Crippen LogP contribution in [-0.2, 0) is 0 Å². The number of imidazole rings is 1. The van der Waals surface area contributed by atoms with Gasteiger partial charge in [-0.15, -0.1) is 0 Å². The van der Waals surface area contributed by atoms with E-state index in [0.29, 0.717) is 0 Å². The van der Waals surface area contributed by atoms with Gasteiger partial charge in [0.05, 0.1) is 3.57 Å². The first kappa shape index (κ1) is 18.1. The van der Waals surface area contributed by atoms with Crippen molar-refractivity contribution in [3.8, 4) is 0 Å². The predicted octanol–water partition coefficient (Wildman–Crippen LogP) is 2.91. The van der Waals surface area contributed by atoms with Gasteiger partial charge in [-0.25, -0.2) is 14.4 Å². The van der Waals surface area contributed by atoms with Crippen LogP contribution < -0.4 is 15.5 Å². The number of aromatic nitrogens is 3. The highest BCUT2D eigenvalue weighted by molar-refractivity contribution is 14.1. The molecule has 0 aliphatic carbocycles. The average molecular weight is 492 g/mol. The molecule has 0 bridgehead atoms. The molecule has 1 spiro atoms. The Morgan fingerprint density at radius 3 is 2.61 bits per heavy atom. The van der Waals surface area contributed by atoms with E-state index in [1.807, 2.05) is 30.7 Å². The maximum absolute atomic E-state index is 13.3. The predicted molar refractivity (Wildman–Crippen MR) is 116 cm³/mol. The summed E-state index contributed by atoms with van der Waals surface area (Å²) in [5.74, 6) is 0.746. The summed E-state index contributed by atoms with van der Waals surface area (Å²) in [5, 5.41) is 0. The SMILES string of the molecule is N[C@@H]1CN(c2ccc(F)cc2)CC12CCN(c1ncc(I)c3nccn13)CC2. The zero-order chi connectivity index (χ0) is 19.3. The van der Waals surface area contributed by atoms with Crippen LogP contribution in [0, 0.1) is 14.8 Å². The normalized spacial score (nSPS) is 21.8. The summed E-state index contributed by atoms with van der Waals surface area (Å²) in [6, 6.07) is 6.86. The van der Waals surface area contributed by atoms with Crippen LogP contribution in [0.15, 0.2) is 42.9 Å². The number of fused-ring (bicyclic) bond motifs is 1. The lowest BCUT2D eigenvalue weighted by atomic mass is 9.75. The fraction of sp³-hybridized carbons (Fsp3) is 0.400. The molecule has 0 saturated carbocycles. The molecule has 2 aromatic heterocycles. The summed E-state index contributed by atoms with van der Waals surface area (Å²) >= 11 is 2.27. The molecule has 5 rings (SSSR count). The van der Waals surface area contributed by atoms with Crippen LogP contribution in [0.1, 0.15) is 12.8 Å². The quantitative estimate of drug-likeness (QED) is 0.558. The van der Waals surface area contributed by atoms with Gasteiger partial charge in [-0.1, -0.05) is 0 Å². The van der Waals surface area contributed by atoms with Gasteiger partial charge < -0.3 is 15.5 Å². The van der Waals surface area contributed by atoms with Crippen LogP contribution in [-0.4, -0.2) is 46.6 Å². The highest BCUT2D eigenvalue weighted by Crippen LogP contribution is 2.42. The Morgan fingerprint density at radius 1 is 1.11 bits per heavy atom. The average Bonchev–Trinajstić information content (AvgIpc) is 3.30. The number of hydrogen-bond acceptors (Lipinski definition) is 5. The molecular weight excluding hydrogens is 470 g/mol. The first-order valence-corrected chi connectivity index (χ1v) is 10.6. The van der Waals surface area contributed by atoms with Gasteiger partial charge in [-0.2, -0.15) is 0 Å².